The van der Waals surface area contributed by atoms with Crippen molar-refractivity contribution in [3.63, 3.8) is 0 Å². The molecule has 0 amide bonds. The molecule has 0 bridgehead atoms. The van der Waals surface area contributed by atoms with Crippen LogP contribution < -0.4 is 0 Å². The van der Waals surface area contributed by atoms with Crippen LogP contribution in [0.4, 0.5) is 0 Å². The number of rotatable bonds is 1. The first-order valence-corrected chi connectivity index (χ1v) is 4.40. The molecule has 2 heterocycles. The minimum Gasteiger partial charge on any atom is -0.232 e. The Bertz CT molecular complexity index is 367. The van der Waals surface area contributed by atoms with E-state index in [0.717, 1.165) is 22.5 Å². The molecule has 3 heteroatoms. The second-order valence-corrected chi connectivity index (χ2v) is 3.16. The monoisotopic (exact) mass is 163 g/mol. The zero-order chi connectivity index (χ0) is 7.68. The van der Waals surface area contributed by atoms with Crippen LogP contribution in [0.5, 0.6) is 0 Å². The molecule has 0 aromatic carbocycles. The van der Waals surface area contributed by atoms with E-state index in [1.807, 2.05) is 18.4 Å². The molecule has 0 saturated heterocycles. The Labute approximate surface area is 68.9 Å². The van der Waals surface area contributed by atoms with Gasteiger partial charge in [-0.15, -0.1) is 11.3 Å². The Morgan fingerprint density at radius 3 is 3.36 bits per heavy atom. The van der Waals surface area contributed by atoms with E-state index in [2.05, 4.69) is 16.2 Å². The molecule has 0 atom stereocenters. The summed E-state index contributed by atoms with van der Waals surface area (Å²) in [7, 11) is 0. The van der Waals surface area contributed by atoms with Crippen molar-refractivity contribution in [3.8, 4) is 0 Å². The Balaban J connectivity index is 2.67. The van der Waals surface area contributed by atoms with Gasteiger partial charge in [-0.25, -0.2) is 9.97 Å². The summed E-state index contributed by atoms with van der Waals surface area (Å²) in [5.41, 5.74) is 1.02. The second-order valence-electron chi connectivity index (χ2n) is 2.24. The van der Waals surface area contributed by atoms with Gasteiger partial charge in [0.1, 0.15) is 12.0 Å². The van der Waals surface area contributed by atoms with Gasteiger partial charge in [-0.3, -0.25) is 0 Å². The van der Waals surface area contributed by atoms with E-state index in [-0.39, 0.29) is 0 Å². The molecule has 0 fully saturated rings. The summed E-state index contributed by atoms with van der Waals surface area (Å²) in [5, 5.41) is 2.01. The van der Waals surface area contributed by atoms with Crippen LogP contribution in [0.2, 0.25) is 0 Å². The minimum atomic E-state index is 0.871. The fraction of sp³-hybridized carbons (Fsp3) is 0.250. The summed E-state index contributed by atoms with van der Waals surface area (Å²) < 4.78 is 1.04. The third-order valence-electron chi connectivity index (χ3n) is 1.50. The normalized spacial score (nSPS) is 10.6. The maximum atomic E-state index is 4.32. The molecule has 55 valence electrons. The first-order chi connectivity index (χ1) is 5.40. The lowest BCUT2D eigenvalue weighted by Crippen LogP contribution is -1.90. The van der Waals surface area contributed by atoms with E-state index in [0.29, 0.717) is 0 Å². The smallest absolute Gasteiger partial charge is 0.129 e. The number of aromatic nitrogens is 2. The summed E-state index contributed by atoms with van der Waals surface area (Å²) >= 11 is 1.63. The lowest BCUT2D eigenvalue weighted by atomic mass is 10.4. The molecular weight excluding hydrogens is 156 g/mol. The van der Waals surface area contributed by atoms with Crippen LogP contribution in [0.1, 0.15) is 12.7 Å². The molecule has 0 unspecified atom stereocenters. The molecule has 2 aromatic rings. The molecule has 11 heavy (non-hydrogen) atoms. The third-order valence-corrected chi connectivity index (χ3v) is 2.30. The first kappa shape index (κ1) is 6.73. The maximum absolute atomic E-state index is 4.32. The van der Waals surface area contributed by atoms with Crippen LogP contribution in [-0.2, 0) is 6.42 Å². The highest BCUT2D eigenvalue weighted by atomic mass is 32.1. The van der Waals surface area contributed by atoms with Crippen molar-refractivity contribution in [3.05, 3.63) is 23.5 Å². The van der Waals surface area contributed by atoms with E-state index in [4.69, 9.17) is 0 Å². The number of aryl methyl sites for hydroxylation is 1. The van der Waals surface area contributed by atoms with Crippen LogP contribution in [0.3, 0.4) is 0 Å². The van der Waals surface area contributed by atoms with E-state index in [1.54, 1.807) is 11.3 Å². The summed E-state index contributed by atoms with van der Waals surface area (Å²) in [4.78, 5) is 8.39. The molecular formula is C8H7N2S. The lowest BCUT2D eigenvalue weighted by molar-refractivity contribution is 0.959. The van der Waals surface area contributed by atoms with E-state index in [1.165, 1.54) is 0 Å². The Morgan fingerprint density at radius 1 is 1.64 bits per heavy atom. The highest BCUT2D eigenvalue weighted by molar-refractivity contribution is 7.17. The highest BCUT2D eigenvalue weighted by Crippen LogP contribution is 2.16. The van der Waals surface area contributed by atoms with Gasteiger partial charge in [0.2, 0.25) is 0 Å². The Hall–Kier alpha value is -0.960. The van der Waals surface area contributed by atoms with Crippen molar-refractivity contribution in [2.45, 2.75) is 13.3 Å². The molecule has 0 aliphatic heterocycles. The van der Waals surface area contributed by atoms with Crippen LogP contribution in [-0.4, -0.2) is 9.97 Å². The number of nitrogens with zero attached hydrogens (tertiary/aromatic N) is 2. The van der Waals surface area contributed by atoms with Gasteiger partial charge in [-0.1, -0.05) is 6.92 Å². The van der Waals surface area contributed by atoms with Crippen LogP contribution in [0, 0.1) is 6.20 Å². The zero-order valence-electron chi connectivity index (χ0n) is 6.16. The van der Waals surface area contributed by atoms with Gasteiger partial charge in [0.15, 0.2) is 0 Å². The van der Waals surface area contributed by atoms with E-state index in [9.17, 15) is 0 Å². The van der Waals surface area contributed by atoms with Crippen molar-refractivity contribution >= 4 is 21.6 Å². The molecule has 0 aliphatic carbocycles. The largest absolute Gasteiger partial charge is 0.232 e. The van der Waals surface area contributed by atoms with Gasteiger partial charge < -0.3 is 0 Å². The van der Waals surface area contributed by atoms with E-state index < -0.39 is 0 Å². The number of hydrogen-bond donors (Lipinski definition) is 0. The SMILES string of the molecule is CCc1n[c]c2sccc2n1. The van der Waals surface area contributed by atoms with Gasteiger partial charge in [0.25, 0.3) is 0 Å². The quantitative estimate of drug-likeness (QED) is 0.643. The number of hydrogen-bond acceptors (Lipinski definition) is 3. The van der Waals surface area contributed by atoms with Crippen LogP contribution in [0.15, 0.2) is 11.4 Å². The van der Waals surface area contributed by atoms with Crippen molar-refractivity contribution in [2.75, 3.05) is 0 Å². The van der Waals surface area contributed by atoms with Gasteiger partial charge >= 0.3 is 0 Å². The topological polar surface area (TPSA) is 25.8 Å². The zero-order valence-corrected chi connectivity index (χ0v) is 6.98. The standard InChI is InChI=1S/C8H7N2S/c1-2-8-9-5-7-6(10-8)3-4-11-7/h3-4H,2H2,1H3. The molecule has 2 rings (SSSR count). The van der Waals surface area contributed by atoms with Gasteiger partial charge in [-0.2, -0.15) is 0 Å². The second kappa shape index (κ2) is 2.58. The van der Waals surface area contributed by atoms with Gasteiger partial charge in [-0.05, 0) is 11.4 Å². The summed E-state index contributed by atoms with van der Waals surface area (Å²) in [5.74, 6) is 0.871. The predicted molar refractivity (Wildman–Crippen MR) is 45.6 cm³/mol. The van der Waals surface area contributed by atoms with E-state index >= 15 is 0 Å². The molecule has 2 nitrogen and oxygen atoms in total. The minimum absolute atomic E-state index is 0.871. The average molecular weight is 163 g/mol. The molecule has 2 aromatic heterocycles. The molecule has 0 spiro atoms. The number of thiophene rings is 1. The van der Waals surface area contributed by atoms with Gasteiger partial charge in [0, 0.05) is 6.42 Å². The lowest BCUT2D eigenvalue weighted by Gasteiger charge is -1.91. The molecule has 0 aliphatic rings. The van der Waals surface area contributed by atoms with Crippen LogP contribution >= 0.6 is 11.3 Å². The van der Waals surface area contributed by atoms with Crippen molar-refractivity contribution in [2.24, 2.45) is 0 Å². The average Bonchev–Trinajstić information content (AvgIpc) is 2.50. The highest BCUT2D eigenvalue weighted by Gasteiger charge is 1.97. The summed E-state index contributed by atoms with van der Waals surface area (Å²) in [6.45, 7) is 2.04. The predicted octanol–water partition coefficient (Wildman–Crippen LogP) is 2.05. The first-order valence-electron chi connectivity index (χ1n) is 3.52. The summed E-state index contributed by atoms with van der Waals surface area (Å²) in [6.07, 6.45) is 3.83. The van der Waals surface area contributed by atoms with Crippen molar-refractivity contribution in [1.82, 2.24) is 9.97 Å². The molecule has 1 radical (unpaired) electrons. The van der Waals surface area contributed by atoms with Crippen LogP contribution in [0.25, 0.3) is 10.2 Å². The fourth-order valence-electron chi connectivity index (χ4n) is 0.912. The van der Waals surface area contributed by atoms with Crippen molar-refractivity contribution in [1.29, 1.82) is 0 Å². The Kier molecular flexibility index (Phi) is 1.58. The number of fused-ring (bicyclic) bond motifs is 1. The van der Waals surface area contributed by atoms with Crippen molar-refractivity contribution < 1.29 is 0 Å². The Morgan fingerprint density at radius 2 is 2.55 bits per heavy atom. The van der Waals surface area contributed by atoms with Gasteiger partial charge in [0.05, 0.1) is 10.2 Å². The fourth-order valence-corrected chi connectivity index (χ4v) is 1.58. The molecule has 0 saturated carbocycles. The molecule has 0 N–H and O–H groups in total. The summed E-state index contributed by atoms with van der Waals surface area (Å²) in [6, 6.07) is 2.00. The third kappa shape index (κ3) is 1.12. The maximum Gasteiger partial charge on any atom is 0.129 e.